The van der Waals surface area contributed by atoms with Crippen LogP contribution in [0.4, 0.5) is 5.82 Å². The van der Waals surface area contributed by atoms with Gasteiger partial charge < -0.3 is 20.3 Å². The Kier molecular flexibility index (Phi) is 1.06. The molecule has 0 spiro atoms. The van der Waals surface area contributed by atoms with Crippen LogP contribution < -0.4 is 15.7 Å². The third kappa shape index (κ3) is 2.47. The Morgan fingerprint density at radius 3 is 2.93 bits per heavy atom. The summed E-state index contributed by atoms with van der Waals surface area (Å²) in [7, 11) is -2.44. The molecule has 2 rings (SSSR count). The van der Waals surface area contributed by atoms with Crippen LogP contribution in [-0.4, -0.2) is 48.1 Å². The second kappa shape index (κ2) is 4.61. The molecule has 3 N–H and O–H groups in total. The normalized spacial score (nSPS) is 40.7. The van der Waals surface area contributed by atoms with Crippen molar-refractivity contribution in [2.45, 2.75) is 0 Å². The van der Waals surface area contributed by atoms with E-state index in [0.29, 0.717) is 0 Å². The average Bonchev–Trinajstić information content (AvgIpc) is 2.41. The highest BCUT2D eigenvalue weighted by Crippen LogP contribution is 2.08. The second-order valence-electron chi connectivity index (χ2n) is 2.52. The van der Waals surface area contributed by atoms with Gasteiger partial charge in [-0.25, -0.2) is 4.98 Å². The summed E-state index contributed by atoms with van der Waals surface area (Å²) in [5.41, 5.74) is -0.869. The molecule has 1 fully saturated rings. The third-order valence-corrected chi connectivity index (χ3v) is 1.53. The van der Waals surface area contributed by atoms with Gasteiger partial charge in [-0.15, -0.1) is 0 Å². The first-order valence-corrected chi connectivity index (χ1v) is 3.92. The first kappa shape index (κ1) is 3.45. The Morgan fingerprint density at radius 1 is 1.53 bits per heavy atom. The summed E-state index contributed by atoms with van der Waals surface area (Å²) >= 11 is 0. The summed E-state index contributed by atoms with van der Waals surface area (Å²) in [4.78, 5) is 3.32. The van der Waals surface area contributed by atoms with E-state index in [1.165, 1.54) is 0 Å². The average molecular weight is 218 g/mol. The van der Waals surface area contributed by atoms with Crippen LogP contribution in [0.25, 0.3) is 0 Å². The highest BCUT2D eigenvalue weighted by molar-refractivity contribution is 6.58. The standard InChI is InChI=1S/C9H14BN3O2/c14-10(15)8-1-2-12-9(7-8)13-5-3-11-4-6-13/h1-2,7,11,14-15H,3-6H2/i1D,2D,3D2,4D2,5D2,6D2,7D. The van der Waals surface area contributed by atoms with Gasteiger partial charge in [0, 0.05) is 37.6 Å². The lowest BCUT2D eigenvalue weighted by Crippen LogP contribution is -2.44. The van der Waals surface area contributed by atoms with Gasteiger partial charge in [0.1, 0.15) is 5.82 Å². The molecule has 1 aliphatic rings. The predicted octanol–water partition coefficient (Wildman–Crippen LogP) is -1.83. The summed E-state index contributed by atoms with van der Waals surface area (Å²) in [6.07, 6.45) is -0.953. The number of aromatic nitrogens is 1. The van der Waals surface area contributed by atoms with Crippen molar-refractivity contribution in [2.24, 2.45) is 0 Å². The van der Waals surface area contributed by atoms with Crippen LogP contribution in [-0.2, 0) is 0 Å². The molecule has 0 unspecified atom stereocenters. The zero-order valence-corrected chi connectivity index (χ0v) is 7.37. The molecule has 2 heterocycles. The van der Waals surface area contributed by atoms with E-state index in [2.05, 4.69) is 4.98 Å². The molecular weight excluding hydrogens is 193 g/mol. The van der Waals surface area contributed by atoms with Crippen molar-refractivity contribution in [1.29, 1.82) is 0 Å². The highest BCUT2D eigenvalue weighted by Gasteiger charge is 2.15. The smallest absolute Gasteiger partial charge is 0.423 e. The molecule has 0 amide bonds. The summed E-state index contributed by atoms with van der Waals surface area (Å²) in [6, 6.07) is -1.90. The van der Waals surface area contributed by atoms with Crippen LogP contribution in [0.5, 0.6) is 0 Å². The minimum atomic E-state index is -3.31. The largest absolute Gasteiger partial charge is 0.488 e. The van der Waals surface area contributed by atoms with Crippen LogP contribution in [0.15, 0.2) is 18.3 Å². The van der Waals surface area contributed by atoms with Crippen LogP contribution in [0, 0.1) is 0 Å². The van der Waals surface area contributed by atoms with E-state index in [0.717, 1.165) is 0 Å². The molecule has 0 atom stereocenters. The summed E-state index contributed by atoms with van der Waals surface area (Å²) in [5.74, 6) is -1.04. The van der Waals surface area contributed by atoms with E-state index in [-0.39, 0.29) is 4.90 Å². The first-order chi connectivity index (χ1) is 11.5. The number of anilines is 1. The summed E-state index contributed by atoms with van der Waals surface area (Å²) in [6.45, 7) is -12.9. The molecule has 0 aliphatic carbocycles. The van der Waals surface area contributed by atoms with Crippen molar-refractivity contribution in [2.75, 3.05) is 30.9 Å². The zero-order chi connectivity index (χ0) is 20.5. The van der Waals surface area contributed by atoms with Gasteiger partial charge in [-0.2, -0.15) is 0 Å². The summed E-state index contributed by atoms with van der Waals surface area (Å²) in [5, 5.41) is 20.3. The molecule has 15 heavy (non-hydrogen) atoms. The molecule has 1 aliphatic heterocycles. The van der Waals surface area contributed by atoms with Crippen LogP contribution in [0.3, 0.4) is 0 Å². The van der Waals surface area contributed by atoms with Gasteiger partial charge in [0.2, 0.25) is 0 Å². The molecule has 80 valence electrons. The Balaban J connectivity index is 2.87. The minimum Gasteiger partial charge on any atom is -0.423 e. The maximum atomic E-state index is 9.34. The van der Waals surface area contributed by atoms with Gasteiger partial charge in [-0.05, 0) is 17.5 Å². The second-order valence-corrected chi connectivity index (χ2v) is 2.52. The van der Waals surface area contributed by atoms with E-state index < -0.39 is 62.6 Å². The molecular formula is C9H14BN3O2. The zero-order valence-electron chi connectivity index (χ0n) is 18.4. The Hall–Kier alpha value is -1.11. The Bertz CT molecular complexity index is 718. The van der Waals surface area contributed by atoms with Gasteiger partial charge >= 0.3 is 7.12 Å². The fourth-order valence-corrected chi connectivity index (χ4v) is 0.889. The van der Waals surface area contributed by atoms with Gasteiger partial charge in [-0.3, -0.25) is 0 Å². The minimum absolute atomic E-state index is 0.0950. The van der Waals surface area contributed by atoms with Crippen LogP contribution in [0.1, 0.15) is 15.1 Å². The van der Waals surface area contributed by atoms with E-state index in [4.69, 9.17) is 15.1 Å². The molecule has 0 radical (unpaired) electrons. The number of rotatable bonds is 2. The maximum absolute atomic E-state index is 9.34. The number of hydrogen-bond acceptors (Lipinski definition) is 5. The SMILES string of the molecule is [2H]c1nc(N2C([2H])([2H])C([2H])([2H])NC([2H])([2H])C2([2H])[2H])c([2H])c(B(O)O)c1[2H]. The molecule has 6 heteroatoms. The molecule has 0 bridgehead atoms. The van der Waals surface area contributed by atoms with E-state index >= 15 is 0 Å². The van der Waals surface area contributed by atoms with Crippen molar-refractivity contribution in [3.05, 3.63) is 18.3 Å². The lowest BCUT2D eigenvalue weighted by molar-refractivity contribution is 0.425. The molecule has 5 nitrogen and oxygen atoms in total. The van der Waals surface area contributed by atoms with Crippen molar-refractivity contribution in [1.82, 2.24) is 10.3 Å². The molecule has 0 aromatic carbocycles. The lowest BCUT2D eigenvalue weighted by Gasteiger charge is -2.28. The number of hydrogen-bond donors (Lipinski definition) is 3. The number of nitrogens with zero attached hydrogens (tertiary/aromatic N) is 2. The molecule has 1 saturated heterocycles. The van der Waals surface area contributed by atoms with E-state index in [1.807, 2.05) is 0 Å². The lowest BCUT2D eigenvalue weighted by atomic mass is 9.81. The van der Waals surface area contributed by atoms with Gasteiger partial charge in [-0.1, -0.05) is 0 Å². The van der Waals surface area contributed by atoms with E-state index in [1.54, 1.807) is 5.32 Å². The third-order valence-electron chi connectivity index (χ3n) is 1.53. The molecule has 0 saturated carbocycles. The molecule has 1 aromatic heterocycles. The highest BCUT2D eigenvalue weighted by atomic mass is 16.4. The van der Waals surface area contributed by atoms with Gasteiger partial charge in [0.15, 0.2) is 0 Å². The molecule has 1 aromatic rings. The summed E-state index contributed by atoms with van der Waals surface area (Å²) < 4.78 is 85.7. The fraction of sp³-hybridized carbons (Fsp3) is 0.444. The van der Waals surface area contributed by atoms with E-state index in [9.17, 15) is 10.0 Å². The Labute approximate surface area is 104 Å². The quantitative estimate of drug-likeness (QED) is 0.509. The Morgan fingerprint density at radius 2 is 2.27 bits per heavy atom. The monoisotopic (exact) mass is 218 g/mol. The van der Waals surface area contributed by atoms with Gasteiger partial charge in [0.05, 0.1) is 9.60 Å². The van der Waals surface area contributed by atoms with Crippen molar-refractivity contribution < 1.29 is 25.1 Å². The maximum Gasteiger partial charge on any atom is 0.488 e. The van der Waals surface area contributed by atoms with Gasteiger partial charge in [0.25, 0.3) is 0 Å². The number of piperazine rings is 1. The topological polar surface area (TPSA) is 68.6 Å². The number of pyridine rings is 1. The van der Waals surface area contributed by atoms with Crippen LogP contribution >= 0.6 is 0 Å². The van der Waals surface area contributed by atoms with Crippen molar-refractivity contribution in [3.63, 3.8) is 0 Å². The van der Waals surface area contributed by atoms with Crippen molar-refractivity contribution >= 4 is 18.4 Å². The number of nitrogens with one attached hydrogen (secondary N) is 1. The van der Waals surface area contributed by atoms with Crippen molar-refractivity contribution in [3.8, 4) is 0 Å². The predicted molar refractivity (Wildman–Crippen MR) is 59.1 cm³/mol. The van der Waals surface area contributed by atoms with Crippen LogP contribution in [0.2, 0.25) is 0 Å². The first-order valence-electron chi connectivity index (χ1n) is 9.42. The fourth-order valence-electron chi connectivity index (χ4n) is 0.889.